The van der Waals surface area contributed by atoms with E-state index >= 15 is 0 Å². The number of nitrogens with zero attached hydrogens (tertiary/aromatic N) is 1. The standard InChI is InChI=1S/C20H19N3O5S/c1-27-18-6-4-3-5-17(18)23-29(25,26)16-10-7-14(8-11-16)20(24)22-15-9-12-19(28-2)21-13-15/h3-13,23H,1-2H3,(H,22,24). The lowest BCUT2D eigenvalue weighted by Gasteiger charge is -2.12. The molecule has 0 saturated heterocycles. The van der Waals surface area contributed by atoms with Gasteiger partial charge in [-0.25, -0.2) is 13.4 Å². The molecule has 0 fully saturated rings. The van der Waals surface area contributed by atoms with Crippen LogP contribution in [0.4, 0.5) is 11.4 Å². The number of carbonyl (C=O) groups is 1. The summed E-state index contributed by atoms with van der Waals surface area (Å²) in [6, 6.07) is 15.5. The number of para-hydroxylation sites is 2. The van der Waals surface area contributed by atoms with Crippen molar-refractivity contribution < 1.29 is 22.7 Å². The van der Waals surface area contributed by atoms with E-state index in [0.717, 1.165) is 0 Å². The number of hydrogen-bond donors (Lipinski definition) is 2. The van der Waals surface area contributed by atoms with Gasteiger partial charge >= 0.3 is 0 Å². The Labute approximate surface area is 168 Å². The quantitative estimate of drug-likeness (QED) is 0.616. The Bertz CT molecular complexity index is 1100. The van der Waals surface area contributed by atoms with Crippen LogP contribution in [-0.4, -0.2) is 33.5 Å². The second kappa shape index (κ2) is 8.61. The molecule has 0 aliphatic carbocycles. The molecule has 0 bridgehead atoms. The summed E-state index contributed by atoms with van der Waals surface area (Å²) in [6.07, 6.45) is 1.47. The van der Waals surface area contributed by atoms with E-state index in [1.165, 1.54) is 44.7 Å². The molecule has 0 atom stereocenters. The fourth-order valence-electron chi connectivity index (χ4n) is 2.50. The van der Waals surface area contributed by atoms with Gasteiger partial charge in [0.1, 0.15) is 5.75 Å². The largest absolute Gasteiger partial charge is 0.495 e. The molecule has 29 heavy (non-hydrogen) atoms. The smallest absolute Gasteiger partial charge is 0.262 e. The van der Waals surface area contributed by atoms with Crippen molar-refractivity contribution in [2.24, 2.45) is 0 Å². The average Bonchev–Trinajstić information content (AvgIpc) is 2.74. The summed E-state index contributed by atoms with van der Waals surface area (Å²) in [5.41, 5.74) is 1.12. The van der Waals surface area contributed by atoms with Crippen molar-refractivity contribution in [2.75, 3.05) is 24.3 Å². The number of aromatic nitrogens is 1. The minimum Gasteiger partial charge on any atom is -0.495 e. The van der Waals surface area contributed by atoms with Gasteiger partial charge in [-0.3, -0.25) is 9.52 Å². The van der Waals surface area contributed by atoms with Crippen molar-refractivity contribution in [3.8, 4) is 11.6 Å². The predicted octanol–water partition coefficient (Wildman–Crippen LogP) is 3.15. The lowest BCUT2D eigenvalue weighted by atomic mass is 10.2. The summed E-state index contributed by atoms with van der Waals surface area (Å²) < 4.78 is 37.8. The van der Waals surface area contributed by atoms with Crippen LogP contribution in [0.5, 0.6) is 11.6 Å². The first-order valence-electron chi connectivity index (χ1n) is 8.50. The Kier molecular flexibility index (Phi) is 5.99. The fourth-order valence-corrected chi connectivity index (χ4v) is 3.57. The molecule has 1 amide bonds. The van der Waals surface area contributed by atoms with Crippen molar-refractivity contribution in [1.29, 1.82) is 0 Å². The molecule has 0 aliphatic rings. The second-order valence-electron chi connectivity index (χ2n) is 5.87. The number of methoxy groups -OCH3 is 2. The number of carbonyl (C=O) groups excluding carboxylic acids is 1. The molecule has 0 saturated carbocycles. The van der Waals surface area contributed by atoms with Crippen LogP contribution in [-0.2, 0) is 10.0 Å². The van der Waals surface area contributed by atoms with E-state index in [0.29, 0.717) is 28.6 Å². The van der Waals surface area contributed by atoms with Gasteiger partial charge in [-0.15, -0.1) is 0 Å². The number of rotatable bonds is 7. The number of sulfonamides is 1. The van der Waals surface area contributed by atoms with E-state index in [1.54, 1.807) is 36.4 Å². The number of benzene rings is 2. The van der Waals surface area contributed by atoms with E-state index in [1.807, 2.05) is 0 Å². The monoisotopic (exact) mass is 413 g/mol. The van der Waals surface area contributed by atoms with Crippen molar-refractivity contribution in [3.63, 3.8) is 0 Å². The number of nitrogens with one attached hydrogen (secondary N) is 2. The van der Waals surface area contributed by atoms with Crippen LogP contribution in [0.1, 0.15) is 10.4 Å². The topological polar surface area (TPSA) is 107 Å². The molecule has 2 aromatic carbocycles. The number of pyridine rings is 1. The Balaban J connectivity index is 1.73. The van der Waals surface area contributed by atoms with Crippen LogP contribution in [0, 0.1) is 0 Å². The lowest BCUT2D eigenvalue weighted by Crippen LogP contribution is -2.15. The summed E-state index contributed by atoms with van der Waals surface area (Å²) in [7, 11) is -0.884. The minimum atomic E-state index is -3.84. The summed E-state index contributed by atoms with van der Waals surface area (Å²) >= 11 is 0. The van der Waals surface area contributed by atoms with E-state index in [4.69, 9.17) is 9.47 Å². The maximum Gasteiger partial charge on any atom is 0.262 e. The molecule has 150 valence electrons. The van der Waals surface area contributed by atoms with Crippen LogP contribution < -0.4 is 19.5 Å². The van der Waals surface area contributed by atoms with Gasteiger partial charge in [0.25, 0.3) is 15.9 Å². The van der Waals surface area contributed by atoms with Crippen molar-refractivity contribution in [2.45, 2.75) is 4.90 Å². The maximum absolute atomic E-state index is 12.6. The zero-order chi connectivity index (χ0) is 20.9. The third-order valence-electron chi connectivity index (χ3n) is 3.98. The molecule has 2 N–H and O–H groups in total. The van der Waals surface area contributed by atoms with Crippen molar-refractivity contribution >= 4 is 27.3 Å². The van der Waals surface area contributed by atoms with Crippen molar-refractivity contribution in [1.82, 2.24) is 4.98 Å². The zero-order valence-electron chi connectivity index (χ0n) is 15.7. The zero-order valence-corrected chi connectivity index (χ0v) is 16.6. The van der Waals surface area contributed by atoms with Crippen LogP contribution in [0.25, 0.3) is 0 Å². The second-order valence-corrected chi connectivity index (χ2v) is 7.56. The van der Waals surface area contributed by atoms with Crippen LogP contribution >= 0.6 is 0 Å². The fraction of sp³-hybridized carbons (Fsp3) is 0.100. The minimum absolute atomic E-state index is 0.0195. The van der Waals surface area contributed by atoms with Gasteiger partial charge in [0.05, 0.1) is 36.7 Å². The summed E-state index contributed by atoms with van der Waals surface area (Å²) in [5.74, 6) is 0.443. The maximum atomic E-state index is 12.6. The molecule has 0 unspecified atom stereocenters. The average molecular weight is 413 g/mol. The van der Waals surface area contributed by atoms with E-state index in [2.05, 4.69) is 15.0 Å². The molecule has 9 heteroatoms. The highest BCUT2D eigenvalue weighted by Gasteiger charge is 2.17. The van der Waals surface area contributed by atoms with Gasteiger partial charge in [-0.2, -0.15) is 0 Å². The van der Waals surface area contributed by atoms with Gasteiger partial charge in [0, 0.05) is 11.6 Å². The van der Waals surface area contributed by atoms with Crippen molar-refractivity contribution in [3.05, 3.63) is 72.4 Å². The molecular weight excluding hydrogens is 394 g/mol. The highest BCUT2D eigenvalue weighted by atomic mass is 32.2. The summed E-state index contributed by atoms with van der Waals surface area (Å²) in [5, 5.41) is 2.68. The molecular formula is C20H19N3O5S. The summed E-state index contributed by atoms with van der Waals surface area (Å²) in [6.45, 7) is 0. The number of ether oxygens (including phenoxy) is 2. The van der Waals surface area contributed by atoms with Crippen LogP contribution in [0.2, 0.25) is 0 Å². The Morgan fingerprint density at radius 1 is 0.931 bits per heavy atom. The normalized spacial score (nSPS) is 10.8. The predicted molar refractivity (Wildman–Crippen MR) is 109 cm³/mol. The van der Waals surface area contributed by atoms with Gasteiger partial charge in [-0.1, -0.05) is 12.1 Å². The first-order valence-corrected chi connectivity index (χ1v) is 9.98. The SMILES string of the molecule is COc1ccc(NC(=O)c2ccc(S(=O)(=O)Nc3ccccc3OC)cc2)cn1. The van der Waals surface area contributed by atoms with E-state index < -0.39 is 15.9 Å². The van der Waals surface area contributed by atoms with Gasteiger partial charge in [0.15, 0.2) is 0 Å². The molecule has 1 heterocycles. The highest BCUT2D eigenvalue weighted by Crippen LogP contribution is 2.26. The molecule has 3 rings (SSSR count). The number of hydrogen-bond acceptors (Lipinski definition) is 6. The lowest BCUT2D eigenvalue weighted by molar-refractivity contribution is 0.102. The Morgan fingerprint density at radius 3 is 2.28 bits per heavy atom. The molecule has 0 aliphatic heterocycles. The van der Waals surface area contributed by atoms with Gasteiger partial charge in [0.2, 0.25) is 5.88 Å². The molecule has 3 aromatic rings. The Morgan fingerprint density at radius 2 is 1.66 bits per heavy atom. The molecule has 0 radical (unpaired) electrons. The molecule has 0 spiro atoms. The molecule has 8 nitrogen and oxygen atoms in total. The van der Waals surface area contributed by atoms with Crippen LogP contribution in [0.3, 0.4) is 0 Å². The van der Waals surface area contributed by atoms with E-state index in [-0.39, 0.29) is 4.90 Å². The summed E-state index contributed by atoms with van der Waals surface area (Å²) in [4.78, 5) is 16.4. The Hall–Kier alpha value is -3.59. The van der Waals surface area contributed by atoms with Gasteiger partial charge < -0.3 is 14.8 Å². The molecule has 1 aromatic heterocycles. The third kappa shape index (κ3) is 4.82. The first kappa shape index (κ1) is 20.2. The van der Waals surface area contributed by atoms with Crippen LogP contribution in [0.15, 0.2) is 71.8 Å². The first-order chi connectivity index (χ1) is 13.9. The number of amides is 1. The van der Waals surface area contributed by atoms with E-state index in [9.17, 15) is 13.2 Å². The highest BCUT2D eigenvalue weighted by molar-refractivity contribution is 7.92. The van der Waals surface area contributed by atoms with Gasteiger partial charge in [-0.05, 0) is 42.5 Å². The number of anilines is 2. The third-order valence-corrected chi connectivity index (χ3v) is 5.36.